The number of benzene rings is 2. The number of aryl methyl sites for hydroxylation is 1. The van der Waals surface area contributed by atoms with Gasteiger partial charge < -0.3 is 9.97 Å². The largest absolute Gasteiger partial charge is 0.333 e. The molecule has 0 aliphatic heterocycles. The van der Waals surface area contributed by atoms with Crippen LogP contribution in [0.15, 0.2) is 52.8 Å². The molecule has 0 unspecified atom stereocenters. The van der Waals surface area contributed by atoms with E-state index in [-0.39, 0.29) is 0 Å². The van der Waals surface area contributed by atoms with Crippen molar-refractivity contribution >= 4 is 45.6 Å². The van der Waals surface area contributed by atoms with E-state index in [4.69, 9.17) is 0 Å². The predicted octanol–water partition coefficient (Wildman–Crippen LogP) is 6.97. The van der Waals surface area contributed by atoms with Crippen molar-refractivity contribution in [1.29, 1.82) is 0 Å². The van der Waals surface area contributed by atoms with Crippen LogP contribution in [0.1, 0.15) is 44.1 Å². The highest BCUT2D eigenvalue weighted by Crippen LogP contribution is 2.23. The number of rotatable bonds is 11. The Hall–Kier alpha value is -1.92. The molecule has 6 heteroatoms. The number of thioether (sulfide) groups is 2. The van der Waals surface area contributed by atoms with Crippen LogP contribution >= 0.6 is 23.5 Å². The summed E-state index contributed by atoms with van der Waals surface area (Å²) >= 11 is 3.68. The van der Waals surface area contributed by atoms with Gasteiger partial charge in [0, 0.05) is 11.5 Å². The van der Waals surface area contributed by atoms with Gasteiger partial charge in [0.2, 0.25) is 0 Å². The highest BCUT2D eigenvalue weighted by atomic mass is 32.2. The molecule has 0 spiro atoms. The van der Waals surface area contributed by atoms with Crippen LogP contribution in [0.3, 0.4) is 0 Å². The third-order valence-electron chi connectivity index (χ3n) is 5.00. The van der Waals surface area contributed by atoms with E-state index in [1.807, 2.05) is 35.7 Å². The fourth-order valence-corrected chi connectivity index (χ4v) is 5.19. The monoisotopic (exact) mass is 424 g/mol. The number of aromatic nitrogens is 4. The molecule has 2 aromatic carbocycles. The van der Waals surface area contributed by atoms with Crippen LogP contribution in [0.2, 0.25) is 0 Å². The number of hydrogen-bond acceptors (Lipinski definition) is 4. The maximum absolute atomic E-state index is 4.66. The highest BCUT2D eigenvalue weighted by Gasteiger charge is 2.04. The van der Waals surface area contributed by atoms with Gasteiger partial charge in [-0.15, -0.1) is 0 Å². The molecule has 2 aromatic heterocycles. The third kappa shape index (κ3) is 5.80. The van der Waals surface area contributed by atoms with E-state index >= 15 is 0 Å². The first-order valence-corrected chi connectivity index (χ1v) is 12.4. The molecular weight excluding hydrogens is 396 g/mol. The topological polar surface area (TPSA) is 57.4 Å². The number of fused-ring (bicyclic) bond motifs is 2. The van der Waals surface area contributed by atoms with Crippen molar-refractivity contribution in [3.63, 3.8) is 0 Å². The summed E-state index contributed by atoms with van der Waals surface area (Å²) in [4.78, 5) is 16.1. The molecular formula is C23H28N4S2. The van der Waals surface area contributed by atoms with Gasteiger partial charge in [0.1, 0.15) is 0 Å². The van der Waals surface area contributed by atoms with Crippen LogP contribution in [-0.4, -0.2) is 31.4 Å². The van der Waals surface area contributed by atoms with Crippen LogP contribution in [-0.2, 0) is 0 Å². The normalized spacial score (nSPS) is 11.6. The maximum atomic E-state index is 4.66. The highest BCUT2D eigenvalue weighted by molar-refractivity contribution is 7.99. The summed E-state index contributed by atoms with van der Waals surface area (Å²) in [7, 11) is 0. The van der Waals surface area contributed by atoms with Crippen LogP contribution in [0, 0.1) is 6.92 Å². The molecule has 0 saturated carbocycles. The molecule has 0 saturated heterocycles. The zero-order chi connectivity index (χ0) is 19.9. The molecule has 152 valence electrons. The molecule has 0 bridgehead atoms. The minimum absolute atomic E-state index is 1.05. The van der Waals surface area contributed by atoms with Gasteiger partial charge in [-0.05, 0) is 49.6 Å². The summed E-state index contributed by atoms with van der Waals surface area (Å²) in [5.41, 5.74) is 5.68. The maximum Gasteiger partial charge on any atom is 0.166 e. The Labute approximate surface area is 180 Å². The van der Waals surface area contributed by atoms with Crippen molar-refractivity contribution in [2.24, 2.45) is 0 Å². The number of para-hydroxylation sites is 2. The average molecular weight is 425 g/mol. The fourth-order valence-electron chi connectivity index (χ4n) is 3.42. The Bertz CT molecular complexity index is 1020. The van der Waals surface area contributed by atoms with Gasteiger partial charge in [0.05, 0.1) is 22.1 Å². The van der Waals surface area contributed by atoms with E-state index in [0.717, 1.165) is 43.9 Å². The van der Waals surface area contributed by atoms with Crippen LogP contribution < -0.4 is 0 Å². The van der Waals surface area contributed by atoms with Gasteiger partial charge in [-0.2, -0.15) is 0 Å². The number of nitrogens with one attached hydrogen (secondary N) is 2. The van der Waals surface area contributed by atoms with E-state index in [1.54, 1.807) is 0 Å². The van der Waals surface area contributed by atoms with Crippen molar-refractivity contribution in [1.82, 2.24) is 19.9 Å². The van der Waals surface area contributed by atoms with Crippen molar-refractivity contribution in [3.05, 3.63) is 48.0 Å². The Morgan fingerprint density at radius 2 is 1.28 bits per heavy atom. The second kappa shape index (κ2) is 10.2. The molecule has 0 radical (unpaired) electrons. The minimum Gasteiger partial charge on any atom is -0.333 e. The Morgan fingerprint density at radius 1 is 0.690 bits per heavy atom. The van der Waals surface area contributed by atoms with Gasteiger partial charge in [0.25, 0.3) is 0 Å². The lowest BCUT2D eigenvalue weighted by molar-refractivity contribution is 0.629. The molecule has 2 N–H and O–H groups in total. The molecule has 0 amide bonds. The lowest BCUT2D eigenvalue weighted by Gasteiger charge is -2.01. The fraction of sp³-hybridized carbons (Fsp3) is 0.391. The summed E-state index contributed by atoms with van der Waals surface area (Å²) in [5.74, 6) is 2.28. The summed E-state index contributed by atoms with van der Waals surface area (Å²) in [6.07, 6.45) is 7.79. The van der Waals surface area contributed by atoms with E-state index in [9.17, 15) is 0 Å². The summed E-state index contributed by atoms with van der Waals surface area (Å²) in [5, 5.41) is 2.09. The standard InChI is InChI=1S/C23H28N4S2/c1-17-12-13-20-21(16-17)27-23(26-20)29-15-9-5-3-2-4-8-14-28-22-24-18-10-6-7-11-19(18)25-22/h6-7,10-13,16H,2-5,8-9,14-15H2,1H3,(H,24,25)(H,26,27). The molecule has 4 rings (SSSR count). The lowest BCUT2D eigenvalue weighted by atomic mass is 10.1. The molecule has 4 aromatic rings. The second-order valence-electron chi connectivity index (χ2n) is 7.44. The molecule has 0 aliphatic carbocycles. The Morgan fingerprint density at radius 3 is 1.97 bits per heavy atom. The molecule has 0 fully saturated rings. The number of unbranched alkanes of at least 4 members (excludes halogenated alkanes) is 5. The SMILES string of the molecule is Cc1ccc2nc(SCCCCCCCCSc3nc4ccccc4[nH]3)[nH]c2c1. The number of hydrogen-bond donors (Lipinski definition) is 2. The zero-order valence-electron chi connectivity index (χ0n) is 16.9. The number of imidazole rings is 2. The van der Waals surface area contributed by atoms with E-state index < -0.39 is 0 Å². The van der Waals surface area contributed by atoms with E-state index in [2.05, 4.69) is 57.2 Å². The second-order valence-corrected chi connectivity index (χ2v) is 9.61. The van der Waals surface area contributed by atoms with Crippen molar-refractivity contribution in [3.8, 4) is 0 Å². The average Bonchev–Trinajstić information content (AvgIpc) is 3.32. The predicted molar refractivity (Wildman–Crippen MR) is 126 cm³/mol. The number of aromatic amines is 2. The summed E-state index contributed by atoms with van der Waals surface area (Å²) < 4.78 is 0. The molecule has 0 atom stereocenters. The molecule has 4 nitrogen and oxygen atoms in total. The van der Waals surface area contributed by atoms with Crippen LogP contribution in [0.4, 0.5) is 0 Å². The van der Waals surface area contributed by atoms with Crippen molar-refractivity contribution < 1.29 is 0 Å². The van der Waals surface area contributed by atoms with Gasteiger partial charge in [-0.3, -0.25) is 0 Å². The minimum atomic E-state index is 1.05. The van der Waals surface area contributed by atoms with Gasteiger partial charge in [-0.25, -0.2) is 9.97 Å². The first-order chi connectivity index (χ1) is 14.3. The van der Waals surface area contributed by atoms with Crippen molar-refractivity contribution in [2.75, 3.05) is 11.5 Å². The van der Waals surface area contributed by atoms with Gasteiger partial charge >= 0.3 is 0 Å². The van der Waals surface area contributed by atoms with E-state index in [1.165, 1.54) is 44.1 Å². The molecule has 29 heavy (non-hydrogen) atoms. The van der Waals surface area contributed by atoms with Crippen LogP contribution in [0.5, 0.6) is 0 Å². The molecule has 0 aliphatic rings. The zero-order valence-corrected chi connectivity index (χ0v) is 18.5. The first kappa shape index (κ1) is 20.4. The van der Waals surface area contributed by atoms with E-state index in [0.29, 0.717) is 0 Å². The summed E-state index contributed by atoms with van der Waals surface area (Å²) in [6, 6.07) is 14.6. The smallest absolute Gasteiger partial charge is 0.166 e. The summed E-state index contributed by atoms with van der Waals surface area (Å²) in [6.45, 7) is 2.12. The Kier molecular flexibility index (Phi) is 7.17. The van der Waals surface area contributed by atoms with Crippen molar-refractivity contribution in [2.45, 2.75) is 55.8 Å². The third-order valence-corrected chi connectivity index (χ3v) is 6.92. The Balaban J connectivity index is 1.04. The number of nitrogens with zero attached hydrogens (tertiary/aromatic N) is 2. The lowest BCUT2D eigenvalue weighted by Crippen LogP contribution is -1.86. The quantitative estimate of drug-likeness (QED) is 0.201. The van der Waals surface area contributed by atoms with Gasteiger partial charge in [0.15, 0.2) is 10.3 Å². The first-order valence-electron chi connectivity index (χ1n) is 10.4. The molecule has 2 heterocycles. The van der Waals surface area contributed by atoms with Crippen LogP contribution in [0.25, 0.3) is 22.1 Å². The van der Waals surface area contributed by atoms with Gasteiger partial charge in [-0.1, -0.05) is 67.4 Å². The number of H-pyrrole nitrogens is 2.